The van der Waals surface area contributed by atoms with Gasteiger partial charge < -0.3 is 9.58 Å². The highest BCUT2D eigenvalue weighted by Crippen LogP contribution is 2.29. The van der Waals surface area contributed by atoms with E-state index in [0.717, 1.165) is 0 Å². The van der Waals surface area contributed by atoms with Gasteiger partial charge in [0.25, 0.3) is 5.54 Å². The van der Waals surface area contributed by atoms with Gasteiger partial charge in [-0.05, 0) is 0 Å². The third-order valence-corrected chi connectivity index (χ3v) is 2.00. The molecule has 0 N–H and O–H groups in total. The Bertz CT molecular complexity index is 141. The molecule has 1 aliphatic rings. The molecule has 0 aromatic carbocycles. The average Bonchev–Trinajstić information content (AvgIpc) is 1.62. The van der Waals surface area contributed by atoms with Gasteiger partial charge in [-0.25, -0.2) is 6.57 Å². The maximum Gasteiger partial charge on any atom is 0.280 e. The van der Waals surface area contributed by atoms with Crippen molar-refractivity contribution >= 4 is 0 Å². The van der Waals surface area contributed by atoms with Crippen LogP contribution in [0.5, 0.6) is 0 Å². The van der Waals surface area contributed by atoms with Gasteiger partial charge in [0, 0.05) is 5.92 Å². The molecular formula is C7H11NO. The normalized spacial score (nSPS) is 22.9. The Balaban J connectivity index is 2.60. The van der Waals surface area contributed by atoms with Gasteiger partial charge in [-0.1, -0.05) is 13.8 Å². The lowest BCUT2D eigenvalue weighted by Crippen LogP contribution is -2.50. The van der Waals surface area contributed by atoms with Gasteiger partial charge in [0.2, 0.25) is 0 Å². The summed E-state index contributed by atoms with van der Waals surface area (Å²) in [5.74, 6) is 0.434. The molecule has 0 amide bonds. The molecule has 0 unspecified atom stereocenters. The topological polar surface area (TPSA) is 13.6 Å². The molecule has 1 rings (SSSR count). The van der Waals surface area contributed by atoms with Gasteiger partial charge >= 0.3 is 0 Å². The van der Waals surface area contributed by atoms with Crippen LogP contribution in [-0.2, 0) is 4.74 Å². The second-order valence-electron chi connectivity index (χ2n) is 2.86. The van der Waals surface area contributed by atoms with Gasteiger partial charge in [0.1, 0.15) is 13.2 Å². The predicted octanol–water partition coefficient (Wildman–Crippen LogP) is 1.33. The van der Waals surface area contributed by atoms with Crippen molar-refractivity contribution in [2.24, 2.45) is 5.92 Å². The molecule has 0 atom stereocenters. The molecule has 50 valence electrons. The minimum absolute atomic E-state index is 0.167. The first-order valence-corrected chi connectivity index (χ1v) is 3.18. The summed E-state index contributed by atoms with van der Waals surface area (Å²) in [5, 5.41) is 0. The summed E-state index contributed by atoms with van der Waals surface area (Å²) in [7, 11) is 0. The molecule has 0 aromatic heterocycles. The first kappa shape index (κ1) is 6.57. The lowest BCUT2D eigenvalue weighted by molar-refractivity contribution is -0.0540. The summed E-state index contributed by atoms with van der Waals surface area (Å²) in [6, 6.07) is 0. The van der Waals surface area contributed by atoms with Gasteiger partial charge in [0.15, 0.2) is 0 Å². The molecule has 1 aliphatic heterocycles. The molecule has 2 heteroatoms. The van der Waals surface area contributed by atoms with Crippen LogP contribution in [0.15, 0.2) is 0 Å². The minimum atomic E-state index is -0.167. The van der Waals surface area contributed by atoms with Crippen molar-refractivity contribution in [3.8, 4) is 0 Å². The quantitative estimate of drug-likeness (QED) is 0.482. The highest BCUT2D eigenvalue weighted by Gasteiger charge is 2.48. The lowest BCUT2D eigenvalue weighted by Gasteiger charge is -2.32. The van der Waals surface area contributed by atoms with Crippen molar-refractivity contribution < 1.29 is 4.74 Å². The smallest absolute Gasteiger partial charge is 0.280 e. The molecule has 1 heterocycles. The maximum absolute atomic E-state index is 6.88. The van der Waals surface area contributed by atoms with Crippen LogP contribution in [0.4, 0.5) is 0 Å². The van der Waals surface area contributed by atoms with E-state index in [1.807, 2.05) is 0 Å². The SMILES string of the molecule is [C-]#[N+]C1(C(C)C)COC1. The molecular weight excluding hydrogens is 114 g/mol. The van der Waals surface area contributed by atoms with Crippen molar-refractivity contribution in [1.82, 2.24) is 0 Å². The number of nitrogens with zero attached hydrogens (tertiary/aromatic N) is 1. The molecule has 0 saturated carbocycles. The standard InChI is InChI=1S/C7H11NO/c1-6(2)7(8-3)4-9-5-7/h6H,4-5H2,1-2H3. The van der Waals surface area contributed by atoms with Crippen LogP contribution in [0.1, 0.15) is 13.8 Å². The molecule has 0 spiro atoms. The van der Waals surface area contributed by atoms with E-state index < -0.39 is 0 Å². The van der Waals surface area contributed by atoms with Crippen LogP contribution in [-0.4, -0.2) is 18.8 Å². The van der Waals surface area contributed by atoms with Gasteiger partial charge in [0.05, 0.1) is 0 Å². The van der Waals surface area contributed by atoms with Crippen molar-refractivity contribution in [2.45, 2.75) is 19.4 Å². The van der Waals surface area contributed by atoms with E-state index in [1.54, 1.807) is 0 Å². The Morgan fingerprint density at radius 2 is 2.11 bits per heavy atom. The summed E-state index contributed by atoms with van der Waals surface area (Å²) < 4.78 is 4.98. The van der Waals surface area contributed by atoms with Crippen molar-refractivity contribution in [1.29, 1.82) is 0 Å². The fourth-order valence-corrected chi connectivity index (χ4v) is 0.838. The molecule has 0 bridgehead atoms. The zero-order chi connectivity index (χ0) is 6.91. The Morgan fingerprint density at radius 1 is 1.56 bits per heavy atom. The zero-order valence-electron chi connectivity index (χ0n) is 5.85. The Kier molecular flexibility index (Phi) is 1.46. The summed E-state index contributed by atoms with van der Waals surface area (Å²) in [4.78, 5) is 3.55. The Hall–Kier alpha value is -0.550. The van der Waals surface area contributed by atoms with Gasteiger partial charge in [-0.2, -0.15) is 0 Å². The molecule has 9 heavy (non-hydrogen) atoms. The van der Waals surface area contributed by atoms with Crippen LogP contribution in [0.25, 0.3) is 4.85 Å². The second kappa shape index (κ2) is 2.00. The monoisotopic (exact) mass is 125 g/mol. The minimum Gasteiger partial charge on any atom is -0.364 e. The fraction of sp³-hybridized carbons (Fsp3) is 0.857. The van der Waals surface area contributed by atoms with Crippen LogP contribution in [0, 0.1) is 12.5 Å². The average molecular weight is 125 g/mol. The van der Waals surface area contributed by atoms with E-state index in [-0.39, 0.29) is 5.54 Å². The van der Waals surface area contributed by atoms with Gasteiger partial charge in [-0.3, -0.25) is 0 Å². The molecule has 2 nitrogen and oxygen atoms in total. The molecule has 0 aromatic rings. The number of hydrogen-bond acceptors (Lipinski definition) is 1. The summed E-state index contributed by atoms with van der Waals surface area (Å²) >= 11 is 0. The number of ether oxygens (including phenoxy) is 1. The highest BCUT2D eigenvalue weighted by molar-refractivity contribution is 5.06. The maximum atomic E-state index is 6.88. The summed E-state index contributed by atoms with van der Waals surface area (Å²) in [6.45, 7) is 12.3. The lowest BCUT2D eigenvalue weighted by atomic mass is 9.86. The first-order valence-electron chi connectivity index (χ1n) is 3.18. The number of rotatable bonds is 1. The summed E-state index contributed by atoms with van der Waals surface area (Å²) in [5.41, 5.74) is -0.167. The van der Waals surface area contributed by atoms with Crippen molar-refractivity contribution in [3.05, 3.63) is 11.4 Å². The van der Waals surface area contributed by atoms with Crippen LogP contribution >= 0.6 is 0 Å². The van der Waals surface area contributed by atoms with E-state index in [2.05, 4.69) is 18.7 Å². The molecule has 1 fully saturated rings. The first-order chi connectivity index (χ1) is 4.21. The molecule has 0 aliphatic carbocycles. The van der Waals surface area contributed by atoms with E-state index >= 15 is 0 Å². The number of hydrogen-bond donors (Lipinski definition) is 0. The van der Waals surface area contributed by atoms with E-state index in [0.29, 0.717) is 19.1 Å². The molecule has 0 radical (unpaired) electrons. The third-order valence-electron chi connectivity index (χ3n) is 2.00. The third kappa shape index (κ3) is 0.818. The summed E-state index contributed by atoms with van der Waals surface area (Å²) in [6.07, 6.45) is 0. The fourth-order valence-electron chi connectivity index (χ4n) is 0.838. The zero-order valence-corrected chi connectivity index (χ0v) is 5.85. The second-order valence-corrected chi connectivity index (χ2v) is 2.86. The van der Waals surface area contributed by atoms with E-state index in [9.17, 15) is 0 Å². The van der Waals surface area contributed by atoms with Crippen LogP contribution in [0.3, 0.4) is 0 Å². The van der Waals surface area contributed by atoms with E-state index in [1.165, 1.54) is 0 Å². The van der Waals surface area contributed by atoms with Crippen LogP contribution < -0.4 is 0 Å². The van der Waals surface area contributed by atoms with Crippen molar-refractivity contribution in [2.75, 3.05) is 13.2 Å². The van der Waals surface area contributed by atoms with E-state index in [4.69, 9.17) is 11.3 Å². The Labute approximate surface area is 55.6 Å². The van der Waals surface area contributed by atoms with Crippen LogP contribution in [0.2, 0.25) is 0 Å². The predicted molar refractivity (Wildman–Crippen MR) is 35.0 cm³/mol. The highest BCUT2D eigenvalue weighted by atomic mass is 16.5. The van der Waals surface area contributed by atoms with Crippen molar-refractivity contribution in [3.63, 3.8) is 0 Å². The largest absolute Gasteiger partial charge is 0.364 e. The molecule has 1 saturated heterocycles. The van der Waals surface area contributed by atoms with Gasteiger partial charge in [-0.15, -0.1) is 0 Å². The Morgan fingerprint density at radius 3 is 2.11 bits per heavy atom.